The molecular formula is C12H21N3OS2. The quantitative estimate of drug-likeness (QED) is 0.889. The van der Waals surface area contributed by atoms with Crippen molar-refractivity contribution in [2.75, 3.05) is 36.0 Å². The summed E-state index contributed by atoms with van der Waals surface area (Å²) in [6.07, 6.45) is 0.983. The third-order valence-corrected chi connectivity index (χ3v) is 5.52. The standard InChI is InChI=1S/C12H21N3OS2/c1-3-10-11(9-13-4-2)17-12(14-10)15-5-7-18(16)8-6-15/h13H,3-9H2,1-2H3. The van der Waals surface area contributed by atoms with Gasteiger partial charge < -0.3 is 10.2 Å². The maximum Gasteiger partial charge on any atom is 0.185 e. The minimum absolute atomic E-state index is 0.617. The second-order valence-electron chi connectivity index (χ2n) is 4.34. The highest BCUT2D eigenvalue weighted by molar-refractivity contribution is 7.85. The number of hydrogen-bond donors (Lipinski definition) is 1. The number of aryl methyl sites for hydroxylation is 1. The zero-order chi connectivity index (χ0) is 13.0. The van der Waals surface area contributed by atoms with Gasteiger partial charge in [0.1, 0.15) is 0 Å². The molecule has 6 heteroatoms. The van der Waals surface area contributed by atoms with E-state index < -0.39 is 10.8 Å². The van der Waals surface area contributed by atoms with Gasteiger partial charge in [0.15, 0.2) is 5.13 Å². The summed E-state index contributed by atoms with van der Waals surface area (Å²) in [5.41, 5.74) is 1.21. The largest absolute Gasteiger partial charge is 0.346 e. The first-order chi connectivity index (χ1) is 8.74. The van der Waals surface area contributed by atoms with E-state index in [-0.39, 0.29) is 0 Å². The Morgan fingerprint density at radius 2 is 2.11 bits per heavy atom. The van der Waals surface area contributed by atoms with Crippen LogP contribution in [0.2, 0.25) is 0 Å². The van der Waals surface area contributed by atoms with Crippen molar-refractivity contribution in [1.82, 2.24) is 10.3 Å². The lowest BCUT2D eigenvalue weighted by Crippen LogP contribution is -2.37. The summed E-state index contributed by atoms with van der Waals surface area (Å²) in [7, 11) is -0.617. The molecule has 1 aliphatic heterocycles. The van der Waals surface area contributed by atoms with E-state index in [4.69, 9.17) is 4.98 Å². The van der Waals surface area contributed by atoms with Crippen LogP contribution in [0.5, 0.6) is 0 Å². The first-order valence-corrected chi connectivity index (χ1v) is 8.84. The minimum Gasteiger partial charge on any atom is -0.346 e. The predicted octanol–water partition coefficient (Wildman–Crippen LogP) is 1.38. The van der Waals surface area contributed by atoms with Crippen molar-refractivity contribution < 1.29 is 4.21 Å². The molecule has 102 valence electrons. The second-order valence-corrected chi connectivity index (χ2v) is 7.09. The third kappa shape index (κ3) is 3.30. The van der Waals surface area contributed by atoms with Gasteiger partial charge in [-0.3, -0.25) is 4.21 Å². The highest BCUT2D eigenvalue weighted by Crippen LogP contribution is 2.27. The van der Waals surface area contributed by atoms with Crippen LogP contribution in [0.1, 0.15) is 24.4 Å². The van der Waals surface area contributed by atoms with Crippen molar-refractivity contribution in [3.8, 4) is 0 Å². The molecule has 0 amide bonds. The maximum absolute atomic E-state index is 11.4. The van der Waals surface area contributed by atoms with E-state index in [1.807, 2.05) is 0 Å². The van der Waals surface area contributed by atoms with E-state index in [9.17, 15) is 4.21 Å². The Morgan fingerprint density at radius 1 is 1.39 bits per heavy atom. The highest BCUT2D eigenvalue weighted by Gasteiger charge is 2.19. The Bertz CT molecular complexity index is 409. The molecule has 18 heavy (non-hydrogen) atoms. The molecule has 2 heterocycles. The summed E-state index contributed by atoms with van der Waals surface area (Å²) in [6.45, 7) is 7.93. The van der Waals surface area contributed by atoms with E-state index in [1.165, 1.54) is 10.6 Å². The van der Waals surface area contributed by atoms with Gasteiger partial charge in [-0.1, -0.05) is 13.8 Å². The fourth-order valence-electron chi connectivity index (χ4n) is 1.99. The Labute approximate surface area is 115 Å². The molecule has 1 aliphatic rings. The van der Waals surface area contributed by atoms with Crippen molar-refractivity contribution in [2.45, 2.75) is 26.8 Å². The van der Waals surface area contributed by atoms with Crippen LogP contribution < -0.4 is 10.2 Å². The fraction of sp³-hybridized carbons (Fsp3) is 0.750. The third-order valence-electron chi connectivity index (χ3n) is 3.09. The number of rotatable bonds is 5. The number of hydrogen-bond acceptors (Lipinski definition) is 5. The lowest BCUT2D eigenvalue weighted by atomic mass is 10.3. The summed E-state index contributed by atoms with van der Waals surface area (Å²) in [5, 5.41) is 4.47. The zero-order valence-corrected chi connectivity index (χ0v) is 12.7. The van der Waals surface area contributed by atoms with Gasteiger partial charge >= 0.3 is 0 Å². The van der Waals surface area contributed by atoms with Gasteiger partial charge in [-0.25, -0.2) is 4.98 Å². The summed E-state index contributed by atoms with van der Waals surface area (Å²) >= 11 is 1.79. The topological polar surface area (TPSA) is 45.2 Å². The van der Waals surface area contributed by atoms with Gasteiger partial charge in [0.2, 0.25) is 0 Å². The molecule has 0 bridgehead atoms. The van der Waals surface area contributed by atoms with Crippen LogP contribution in [0.15, 0.2) is 0 Å². The first-order valence-electron chi connectivity index (χ1n) is 6.53. The molecule has 1 N–H and O–H groups in total. The number of nitrogens with zero attached hydrogens (tertiary/aromatic N) is 2. The Hall–Kier alpha value is -0.460. The highest BCUT2D eigenvalue weighted by atomic mass is 32.2. The Balaban J connectivity index is 2.08. The summed E-state index contributed by atoms with van der Waals surface area (Å²) < 4.78 is 11.4. The van der Waals surface area contributed by atoms with Gasteiger partial charge in [-0.05, 0) is 13.0 Å². The molecule has 1 saturated heterocycles. The summed E-state index contributed by atoms with van der Waals surface area (Å²) in [5.74, 6) is 1.56. The lowest BCUT2D eigenvalue weighted by Gasteiger charge is -2.25. The van der Waals surface area contributed by atoms with E-state index in [2.05, 4.69) is 24.1 Å². The molecule has 0 aromatic carbocycles. The molecule has 2 rings (SSSR count). The van der Waals surface area contributed by atoms with Gasteiger partial charge in [0.25, 0.3) is 0 Å². The normalized spacial score (nSPS) is 17.3. The molecule has 0 spiro atoms. The van der Waals surface area contributed by atoms with Crippen LogP contribution in [0.4, 0.5) is 5.13 Å². The van der Waals surface area contributed by atoms with Crippen molar-refractivity contribution in [2.24, 2.45) is 0 Å². The fourth-order valence-corrected chi connectivity index (χ4v) is 4.21. The number of aromatic nitrogens is 1. The van der Waals surface area contributed by atoms with E-state index >= 15 is 0 Å². The molecular weight excluding hydrogens is 266 g/mol. The van der Waals surface area contributed by atoms with Crippen LogP contribution in [0.3, 0.4) is 0 Å². The van der Waals surface area contributed by atoms with Gasteiger partial charge in [-0.2, -0.15) is 0 Å². The van der Waals surface area contributed by atoms with Crippen molar-refractivity contribution in [3.05, 3.63) is 10.6 Å². The number of nitrogens with one attached hydrogen (secondary N) is 1. The molecule has 1 aromatic heterocycles. The first kappa shape index (κ1) is 14.0. The van der Waals surface area contributed by atoms with E-state index in [0.717, 1.165) is 49.2 Å². The van der Waals surface area contributed by atoms with Crippen LogP contribution in [0, 0.1) is 0 Å². The molecule has 0 aliphatic carbocycles. The predicted molar refractivity (Wildman–Crippen MR) is 79.0 cm³/mol. The summed E-state index contributed by atoms with van der Waals surface area (Å²) in [6, 6.07) is 0. The summed E-state index contributed by atoms with van der Waals surface area (Å²) in [4.78, 5) is 8.36. The maximum atomic E-state index is 11.4. The molecule has 0 radical (unpaired) electrons. The molecule has 0 unspecified atom stereocenters. The van der Waals surface area contributed by atoms with Gasteiger partial charge in [0.05, 0.1) is 5.69 Å². The van der Waals surface area contributed by atoms with E-state index in [0.29, 0.717) is 0 Å². The van der Waals surface area contributed by atoms with Crippen LogP contribution in [0.25, 0.3) is 0 Å². The van der Waals surface area contributed by atoms with Crippen LogP contribution in [-0.2, 0) is 23.8 Å². The zero-order valence-electron chi connectivity index (χ0n) is 11.1. The van der Waals surface area contributed by atoms with Crippen molar-refractivity contribution >= 4 is 27.3 Å². The lowest BCUT2D eigenvalue weighted by molar-refractivity contribution is 0.673. The molecule has 1 fully saturated rings. The smallest absolute Gasteiger partial charge is 0.185 e. The van der Waals surface area contributed by atoms with Crippen LogP contribution >= 0.6 is 11.3 Å². The average molecular weight is 287 g/mol. The van der Waals surface area contributed by atoms with Crippen molar-refractivity contribution in [3.63, 3.8) is 0 Å². The minimum atomic E-state index is -0.617. The second kappa shape index (κ2) is 6.63. The van der Waals surface area contributed by atoms with E-state index in [1.54, 1.807) is 11.3 Å². The Kier molecular flexibility index (Phi) is 5.14. The monoisotopic (exact) mass is 287 g/mol. The van der Waals surface area contributed by atoms with Gasteiger partial charge in [0, 0.05) is 46.8 Å². The average Bonchev–Trinajstić information content (AvgIpc) is 2.80. The molecule has 1 aromatic rings. The number of anilines is 1. The Morgan fingerprint density at radius 3 is 2.72 bits per heavy atom. The van der Waals surface area contributed by atoms with Crippen molar-refractivity contribution in [1.29, 1.82) is 0 Å². The van der Waals surface area contributed by atoms with Gasteiger partial charge in [-0.15, -0.1) is 11.3 Å². The number of thiazole rings is 1. The molecule has 0 saturated carbocycles. The molecule has 4 nitrogen and oxygen atoms in total. The molecule has 0 atom stereocenters. The van der Waals surface area contributed by atoms with Crippen LogP contribution in [-0.4, -0.2) is 40.3 Å². The SMILES string of the molecule is CCNCc1sc(N2CCS(=O)CC2)nc1CC.